The first-order chi connectivity index (χ1) is 6.18. The number of hydrogen-bond acceptors (Lipinski definition) is 2. The molecule has 1 N–H and O–H groups in total. The standard InChI is InChI=1S/C10H14O3/c1-6(10(11)12)5-7-3-2-4-8-9(7)13-8/h5,7-9H,2-4H2,1H3,(H,11,12)/b6-5+. The molecule has 2 aliphatic rings. The van der Waals surface area contributed by atoms with Crippen LogP contribution in [0.25, 0.3) is 0 Å². The van der Waals surface area contributed by atoms with Gasteiger partial charge in [-0.25, -0.2) is 4.79 Å². The maximum Gasteiger partial charge on any atom is 0.330 e. The first-order valence-corrected chi connectivity index (χ1v) is 4.75. The highest BCUT2D eigenvalue weighted by Crippen LogP contribution is 2.41. The summed E-state index contributed by atoms with van der Waals surface area (Å²) in [6, 6.07) is 0. The molecule has 3 nitrogen and oxygen atoms in total. The van der Waals surface area contributed by atoms with E-state index in [2.05, 4.69) is 0 Å². The number of carboxylic acids is 1. The molecule has 2 fully saturated rings. The molecular formula is C10H14O3. The summed E-state index contributed by atoms with van der Waals surface area (Å²) in [5.41, 5.74) is 0.446. The topological polar surface area (TPSA) is 49.8 Å². The van der Waals surface area contributed by atoms with E-state index >= 15 is 0 Å². The van der Waals surface area contributed by atoms with Gasteiger partial charge in [-0.3, -0.25) is 0 Å². The lowest BCUT2D eigenvalue weighted by atomic mass is 9.88. The van der Waals surface area contributed by atoms with Gasteiger partial charge in [0.05, 0.1) is 12.2 Å². The Balaban J connectivity index is 2.01. The Bertz CT molecular complexity index is 257. The molecule has 0 aromatic heterocycles. The molecule has 2 rings (SSSR count). The molecule has 0 aromatic rings. The Morgan fingerprint density at radius 3 is 3.00 bits per heavy atom. The van der Waals surface area contributed by atoms with Crippen molar-refractivity contribution in [1.82, 2.24) is 0 Å². The summed E-state index contributed by atoms with van der Waals surface area (Å²) in [4.78, 5) is 10.6. The Hall–Kier alpha value is -0.830. The van der Waals surface area contributed by atoms with Crippen LogP contribution in [-0.2, 0) is 9.53 Å². The van der Waals surface area contributed by atoms with Crippen LogP contribution in [0.15, 0.2) is 11.6 Å². The molecule has 0 aromatic carbocycles. The lowest BCUT2D eigenvalue weighted by Gasteiger charge is -2.14. The van der Waals surface area contributed by atoms with Gasteiger partial charge in [-0.1, -0.05) is 12.5 Å². The molecule has 72 valence electrons. The quantitative estimate of drug-likeness (QED) is 0.521. The van der Waals surface area contributed by atoms with Crippen molar-refractivity contribution in [3.63, 3.8) is 0 Å². The molecule has 1 aliphatic carbocycles. The molecule has 13 heavy (non-hydrogen) atoms. The highest BCUT2D eigenvalue weighted by Gasteiger charge is 2.46. The van der Waals surface area contributed by atoms with Crippen LogP contribution in [0.4, 0.5) is 0 Å². The number of rotatable bonds is 2. The highest BCUT2D eigenvalue weighted by atomic mass is 16.6. The van der Waals surface area contributed by atoms with E-state index in [0.29, 0.717) is 23.7 Å². The van der Waals surface area contributed by atoms with Gasteiger partial charge in [0.25, 0.3) is 0 Å². The first-order valence-electron chi connectivity index (χ1n) is 4.75. The average molecular weight is 182 g/mol. The van der Waals surface area contributed by atoms with Crippen molar-refractivity contribution < 1.29 is 14.6 Å². The molecule has 3 atom stereocenters. The van der Waals surface area contributed by atoms with Gasteiger partial charge < -0.3 is 9.84 Å². The molecule has 0 spiro atoms. The molecule has 3 unspecified atom stereocenters. The van der Waals surface area contributed by atoms with Crippen molar-refractivity contribution in [1.29, 1.82) is 0 Å². The van der Waals surface area contributed by atoms with Crippen molar-refractivity contribution >= 4 is 5.97 Å². The van der Waals surface area contributed by atoms with E-state index in [-0.39, 0.29) is 0 Å². The SMILES string of the molecule is C/C(=C\C1CCCC2OC12)C(=O)O. The molecule has 1 saturated heterocycles. The van der Waals surface area contributed by atoms with Gasteiger partial charge in [-0.2, -0.15) is 0 Å². The lowest BCUT2D eigenvalue weighted by Crippen LogP contribution is -2.15. The monoisotopic (exact) mass is 182 g/mol. The van der Waals surface area contributed by atoms with Crippen LogP contribution in [0.5, 0.6) is 0 Å². The molecule has 0 radical (unpaired) electrons. The largest absolute Gasteiger partial charge is 0.478 e. The summed E-state index contributed by atoms with van der Waals surface area (Å²) in [5.74, 6) is -0.474. The number of aliphatic carboxylic acids is 1. The van der Waals surface area contributed by atoms with Crippen LogP contribution in [0, 0.1) is 5.92 Å². The second kappa shape index (κ2) is 3.14. The van der Waals surface area contributed by atoms with Crippen molar-refractivity contribution in [2.45, 2.75) is 38.4 Å². The predicted molar refractivity (Wildman–Crippen MR) is 47.4 cm³/mol. The number of epoxide rings is 1. The molecular weight excluding hydrogens is 168 g/mol. The van der Waals surface area contributed by atoms with Crippen molar-refractivity contribution in [2.75, 3.05) is 0 Å². The number of hydrogen-bond donors (Lipinski definition) is 1. The minimum absolute atomic E-state index is 0.322. The van der Waals surface area contributed by atoms with E-state index in [0.717, 1.165) is 19.3 Å². The fourth-order valence-corrected chi connectivity index (χ4v) is 2.05. The summed E-state index contributed by atoms with van der Waals surface area (Å²) in [7, 11) is 0. The second-order valence-corrected chi connectivity index (χ2v) is 3.89. The number of ether oxygens (including phenoxy) is 1. The third-order valence-electron chi connectivity index (χ3n) is 2.87. The van der Waals surface area contributed by atoms with Crippen molar-refractivity contribution in [3.05, 3.63) is 11.6 Å². The fraction of sp³-hybridized carbons (Fsp3) is 0.700. The number of carbonyl (C=O) groups is 1. The third kappa shape index (κ3) is 1.75. The molecule has 0 amide bonds. The van der Waals surface area contributed by atoms with Gasteiger partial charge in [0.1, 0.15) is 0 Å². The normalized spacial score (nSPS) is 38.2. The van der Waals surface area contributed by atoms with E-state index in [1.165, 1.54) is 0 Å². The van der Waals surface area contributed by atoms with Crippen LogP contribution in [0.1, 0.15) is 26.2 Å². The van der Waals surface area contributed by atoms with Gasteiger partial charge >= 0.3 is 5.97 Å². The summed E-state index contributed by atoms with van der Waals surface area (Å²) in [6.07, 6.45) is 5.99. The molecule has 3 heteroatoms. The van der Waals surface area contributed by atoms with E-state index < -0.39 is 5.97 Å². The number of carboxylic acid groups (broad SMARTS) is 1. The van der Waals surface area contributed by atoms with Gasteiger partial charge in [-0.05, 0) is 19.8 Å². The van der Waals surface area contributed by atoms with E-state index in [9.17, 15) is 4.79 Å². The summed E-state index contributed by atoms with van der Waals surface area (Å²) in [5, 5.41) is 8.70. The molecule has 0 bridgehead atoms. The Morgan fingerprint density at radius 2 is 2.31 bits per heavy atom. The van der Waals surface area contributed by atoms with Gasteiger partial charge in [-0.15, -0.1) is 0 Å². The Labute approximate surface area is 77.4 Å². The zero-order valence-electron chi connectivity index (χ0n) is 7.69. The van der Waals surface area contributed by atoms with E-state index in [1.54, 1.807) is 6.92 Å². The van der Waals surface area contributed by atoms with Gasteiger partial charge in [0.2, 0.25) is 0 Å². The summed E-state index contributed by atoms with van der Waals surface area (Å²) < 4.78 is 5.43. The number of fused-ring (bicyclic) bond motifs is 1. The average Bonchev–Trinajstić information content (AvgIpc) is 2.83. The third-order valence-corrected chi connectivity index (χ3v) is 2.87. The fourth-order valence-electron chi connectivity index (χ4n) is 2.05. The molecule has 1 aliphatic heterocycles. The van der Waals surface area contributed by atoms with Crippen LogP contribution >= 0.6 is 0 Å². The summed E-state index contributed by atoms with van der Waals surface area (Å²) in [6.45, 7) is 1.65. The van der Waals surface area contributed by atoms with Crippen LogP contribution in [0.3, 0.4) is 0 Å². The molecule has 1 saturated carbocycles. The van der Waals surface area contributed by atoms with Gasteiger partial charge in [0, 0.05) is 11.5 Å². The summed E-state index contributed by atoms with van der Waals surface area (Å²) >= 11 is 0. The van der Waals surface area contributed by atoms with Gasteiger partial charge in [0.15, 0.2) is 0 Å². The Kier molecular flexibility index (Phi) is 2.12. The highest BCUT2D eigenvalue weighted by molar-refractivity contribution is 5.85. The maximum absolute atomic E-state index is 10.6. The van der Waals surface area contributed by atoms with Crippen LogP contribution in [-0.4, -0.2) is 23.3 Å². The zero-order chi connectivity index (χ0) is 9.42. The minimum atomic E-state index is -0.817. The van der Waals surface area contributed by atoms with Crippen LogP contribution in [0.2, 0.25) is 0 Å². The Morgan fingerprint density at radius 1 is 1.54 bits per heavy atom. The smallest absolute Gasteiger partial charge is 0.330 e. The minimum Gasteiger partial charge on any atom is -0.478 e. The maximum atomic E-state index is 10.6. The van der Waals surface area contributed by atoms with E-state index in [4.69, 9.17) is 9.84 Å². The van der Waals surface area contributed by atoms with Crippen molar-refractivity contribution in [2.24, 2.45) is 5.92 Å². The first kappa shape index (κ1) is 8.75. The van der Waals surface area contributed by atoms with Crippen molar-refractivity contribution in [3.8, 4) is 0 Å². The second-order valence-electron chi connectivity index (χ2n) is 3.89. The van der Waals surface area contributed by atoms with Crippen LogP contribution < -0.4 is 0 Å². The predicted octanol–water partition coefficient (Wildman–Crippen LogP) is 1.58. The van der Waals surface area contributed by atoms with E-state index in [1.807, 2.05) is 6.08 Å². The zero-order valence-corrected chi connectivity index (χ0v) is 7.69. The lowest BCUT2D eigenvalue weighted by molar-refractivity contribution is -0.132. The molecule has 1 heterocycles.